The monoisotopic (exact) mass is 482 g/mol. The fourth-order valence-corrected chi connectivity index (χ4v) is 5.93. The number of tetrazole rings is 1. The Balaban J connectivity index is 1.34. The number of aryl methyl sites for hydroxylation is 1. The predicted octanol–water partition coefficient (Wildman–Crippen LogP) is 4.36. The molecule has 162 valence electrons. The Morgan fingerprint density at radius 1 is 1.19 bits per heavy atom. The van der Waals surface area contributed by atoms with Crippen molar-refractivity contribution in [3.63, 3.8) is 0 Å². The molecule has 1 aromatic carbocycles. The summed E-state index contributed by atoms with van der Waals surface area (Å²) in [6.07, 6.45) is 0. The summed E-state index contributed by atoms with van der Waals surface area (Å²) in [6.45, 7) is 2.60. The van der Waals surface area contributed by atoms with Gasteiger partial charge in [-0.2, -0.15) is 0 Å². The average Bonchev–Trinajstić information content (AvgIpc) is 3.53. The van der Waals surface area contributed by atoms with E-state index >= 15 is 0 Å². The second-order valence-corrected chi connectivity index (χ2v) is 10.1. The zero-order chi connectivity index (χ0) is 22.1. The highest BCUT2D eigenvalue weighted by molar-refractivity contribution is 7.98. The Hall–Kier alpha value is -3.02. The van der Waals surface area contributed by atoms with Crippen molar-refractivity contribution in [3.8, 4) is 16.2 Å². The average molecular weight is 483 g/mol. The van der Waals surface area contributed by atoms with Crippen LogP contribution in [0.25, 0.3) is 20.7 Å². The lowest BCUT2D eigenvalue weighted by atomic mass is 10.2. The zero-order valence-corrected chi connectivity index (χ0v) is 19.7. The molecule has 0 radical (unpaired) electrons. The normalized spacial score (nSPS) is 11.3. The molecular weight excluding hydrogens is 464 g/mol. The minimum Gasteiger partial charge on any atom is -0.497 e. The van der Waals surface area contributed by atoms with Crippen molar-refractivity contribution in [2.24, 2.45) is 0 Å². The molecule has 0 aliphatic carbocycles. The summed E-state index contributed by atoms with van der Waals surface area (Å²) in [5, 5.41) is 15.3. The van der Waals surface area contributed by atoms with Gasteiger partial charge in [-0.05, 0) is 47.2 Å². The van der Waals surface area contributed by atoms with E-state index in [-0.39, 0.29) is 5.56 Å². The minimum atomic E-state index is -0.120. The first-order valence-electron chi connectivity index (χ1n) is 9.70. The van der Waals surface area contributed by atoms with Gasteiger partial charge in [0.1, 0.15) is 16.4 Å². The number of hydrogen-bond acceptors (Lipinski definition) is 9. The Bertz CT molecular complexity index is 1430. The smallest absolute Gasteiger partial charge is 0.260 e. The summed E-state index contributed by atoms with van der Waals surface area (Å²) in [6, 6.07) is 11.9. The summed E-state index contributed by atoms with van der Waals surface area (Å²) in [5.41, 5.74) is 1.88. The van der Waals surface area contributed by atoms with Gasteiger partial charge < -0.3 is 9.72 Å². The number of aromatic nitrogens is 6. The van der Waals surface area contributed by atoms with Crippen LogP contribution in [0.15, 0.2) is 51.7 Å². The second kappa shape index (κ2) is 8.85. The Morgan fingerprint density at radius 2 is 2.03 bits per heavy atom. The van der Waals surface area contributed by atoms with E-state index in [9.17, 15) is 4.79 Å². The SMILES string of the molecule is COc1ccc(Cn2nnnc2SCc2nc3scc(-c4ccc(C)s4)c3c(=O)[nH]2)cc1. The molecule has 4 aromatic heterocycles. The van der Waals surface area contributed by atoms with Crippen molar-refractivity contribution >= 4 is 44.7 Å². The molecule has 5 rings (SSSR count). The van der Waals surface area contributed by atoms with E-state index in [1.165, 1.54) is 28.0 Å². The molecule has 5 aromatic rings. The zero-order valence-electron chi connectivity index (χ0n) is 17.2. The number of thiophene rings is 2. The number of benzene rings is 1. The first kappa shape index (κ1) is 20.9. The molecule has 32 heavy (non-hydrogen) atoms. The number of methoxy groups -OCH3 is 1. The van der Waals surface area contributed by atoms with E-state index in [2.05, 4.69) is 38.5 Å². The van der Waals surface area contributed by atoms with Gasteiger partial charge in [0.15, 0.2) is 0 Å². The van der Waals surface area contributed by atoms with Crippen LogP contribution in [-0.2, 0) is 12.3 Å². The maximum Gasteiger partial charge on any atom is 0.260 e. The van der Waals surface area contributed by atoms with Gasteiger partial charge in [-0.25, -0.2) is 9.67 Å². The molecule has 1 N–H and O–H groups in total. The van der Waals surface area contributed by atoms with E-state index in [1.807, 2.05) is 35.7 Å². The fourth-order valence-electron chi connectivity index (χ4n) is 3.26. The highest BCUT2D eigenvalue weighted by atomic mass is 32.2. The molecular formula is C21H18N6O2S3. The Kier molecular flexibility index (Phi) is 5.77. The fraction of sp³-hybridized carbons (Fsp3) is 0.190. The lowest BCUT2D eigenvalue weighted by molar-refractivity contribution is 0.414. The summed E-state index contributed by atoms with van der Waals surface area (Å²) in [5.74, 6) is 1.86. The van der Waals surface area contributed by atoms with Crippen molar-refractivity contribution in [1.82, 2.24) is 30.2 Å². The van der Waals surface area contributed by atoms with Crippen LogP contribution in [-0.4, -0.2) is 37.3 Å². The molecule has 0 aliphatic rings. The van der Waals surface area contributed by atoms with Gasteiger partial charge in [0.05, 0.1) is 24.8 Å². The molecule has 0 fully saturated rings. The van der Waals surface area contributed by atoms with Crippen LogP contribution in [0, 0.1) is 6.92 Å². The van der Waals surface area contributed by atoms with Crippen molar-refractivity contribution in [1.29, 1.82) is 0 Å². The van der Waals surface area contributed by atoms with Crippen molar-refractivity contribution in [3.05, 3.63) is 68.4 Å². The quantitative estimate of drug-likeness (QED) is 0.344. The summed E-state index contributed by atoms with van der Waals surface area (Å²) in [4.78, 5) is 23.5. The highest BCUT2D eigenvalue weighted by Gasteiger charge is 2.15. The highest BCUT2D eigenvalue weighted by Crippen LogP contribution is 2.35. The van der Waals surface area contributed by atoms with Crippen LogP contribution >= 0.6 is 34.4 Å². The van der Waals surface area contributed by atoms with Gasteiger partial charge in [0, 0.05) is 20.7 Å². The van der Waals surface area contributed by atoms with Crippen molar-refractivity contribution in [2.75, 3.05) is 7.11 Å². The molecule has 0 saturated carbocycles. The largest absolute Gasteiger partial charge is 0.497 e. The topological polar surface area (TPSA) is 98.6 Å². The van der Waals surface area contributed by atoms with E-state index in [0.717, 1.165) is 26.6 Å². The number of H-pyrrole nitrogens is 1. The maximum atomic E-state index is 12.8. The molecule has 11 heteroatoms. The van der Waals surface area contributed by atoms with Crippen LogP contribution in [0.1, 0.15) is 16.3 Å². The Morgan fingerprint density at radius 3 is 2.78 bits per heavy atom. The standard InChI is InChI=1S/C21H18N6O2S3/c1-12-3-8-16(32-12)15-10-30-20-18(15)19(28)22-17(23-20)11-31-21-24-25-26-27(21)9-13-4-6-14(29-2)7-5-13/h3-8,10H,9,11H2,1-2H3,(H,22,23,28). The van der Waals surface area contributed by atoms with Gasteiger partial charge in [-0.15, -0.1) is 27.8 Å². The van der Waals surface area contributed by atoms with Gasteiger partial charge >= 0.3 is 0 Å². The van der Waals surface area contributed by atoms with Crippen LogP contribution < -0.4 is 10.3 Å². The second-order valence-electron chi connectivity index (χ2n) is 7.01. The number of rotatable bonds is 7. The van der Waals surface area contributed by atoms with E-state index in [4.69, 9.17) is 4.74 Å². The first-order chi connectivity index (χ1) is 15.6. The number of hydrogen-bond donors (Lipinski definition) is 1. The third kappa shape index (κ3) is 4.18. The summed E-state index contributed by atoms with van der Waals surface area (Å²) < 4.78 is 6.93. The molecule has 0 saturated heterocycles. The van der Waals surface area contributed by atoms with Gasteiger partial charge in [0.2, 0.25) is 5.16 Å². The number of nitrogens with one attached hydrogen (secondary N) is 1. The van der Waals surface area contributed by atoms with E-state index < -0.39 is 0 Å². The molecule has 4 heterocycles. The van der Waals surface area contributed by atoms with Crippen molar-refractivity contribution in [2.45, 2.75) is 24.4 Å². The lowest BCUT2D eigenvalue weighted by Gasteiger charge is -2.06. The maximum absolute atomic E-state index is 12.8. The molecule has 8 nitrogen and oxygen atoms in total. The molecule has 0 aliphatic heterocycles. The number of ether oxygens (including phenoxy) is 1. The number of thioether (sulfide) groups is 1. The molecule has 0 atom stereocenters. The predicted molar refractivity (Wildman–Crippen MR) is 128 cm³/mol. The van der Waals surface area contributed by atoms with Gasteiger partial charge in [-0.3, -0.25) is 4.79 Å². The minimum absolute atomic E-state index is 0.120. The van der Waals surface area contributed by atoms with Crippen LogP contribution in [0.4, 0.5) is 0 Å². The van der Waals surface area contributed by atoms with Crippen LogP contribution in [0.2, 0.25) is 0 Å². The van der Waals surface area contributed by atoms with E-state index in [1.54, 1.807) is 23.1 Å². The van der Waals surface area contributed by atoms with E-state index in [0.29, 0.717) is 28.7 Å². The molecule has 0 amide bonds. The number of fused-ring (bicyclic) bond motifs is 1. The molecule has 0 spiro atoms. The Labute approximate surface area is 195 Å². The van der Waals surface area contributed by atoms with Crippen LogP contribution in [0.5, 0.6) is 5.75 Å². The van der Waals surface area contributed by atoms with Gasteiger partial charge in [-0.1, -0.05) is 23.9 Å². The lowest BCUT2D eigenvalue weighted by Crippen LogP contribution is -2.11. The molecule has 0 unspecified atom stereocenters. The van der Waals surface area contributed by atoms with Crippen molar-refractivity contribution < 1.29 is 4.74 Å². The first-order valence-corrected chi connectivity index (χ1v) is 12.4. The van der Waals surface area contributed by atoms with Gasteiger partial charge in [0.25, 0.3) is 5.56 Å². The summed E-state index contributed by atoms with van der Waals surface area (Å²) >= 11 is 4.60. The molecule has 0 bridgehead atoms. The number of aromatic amines is 1. The third-order valence-corrected chi connectivity index (χ3v) is 7.70. The van der Waals surface area contributed by atoms with Crippen LogP contribution in [0.3, 0.4) is 0 Å². The third-order valence-electron chi connectivity index (χ3n) is 4.83. The summed E-state index contributed by atoms with van der Waals surface area (Å²) in [7, 11) is 1.64. The number of nitrogens with zero attached hydrogens (tertiary/aromatic N) is 5.